The number of rotatable bonds is 3. The molecular weight excluding hydrogens is 251 g/mol. The highest BCUT2D eigenvalue weighted by molar-refractivity contribution is 5.96. The lowest BCUT2D eigenvalue weighted by Crippen LogP contribution is -2.35. The number of hydrogen-bond acceptors (Lipinski definition) is 3. The Morgan fingerprint density at radius 1 is 1.47 bits per heavy atom. The second kappa shape index (κ2) is 4.97. The number of hydrogen-bond donors (Lipinski definition) is 3. The van der Waals surface area contributed by atoms with Crippen LogP contribution in [0.15, 0.2) is 18.2 Å². The van der Waals surface area contributed by atoms with E-state index in [0.29, 0.717) is 13.0 Å². The van der Waals surface area contributed by atoms with Gasteiger partial charge in [-0.1, -0.05) is 0 Å². The quantitative estimate of drug-likeness (QED) is 0.774. The van der Waals surface area contributed by atoms with Gasteiger partial charge in [-0.25, -0.2) is 9.18 Å². The molecule has 0 bridgehead atoms. The summed E-state index contributed by atoms with van der Waals surface area (Å²) in [5, 5.41) is 14.4. The van der Waals surface area contributed by atoms with Gasteiger partial charge in [-0.15, -0.1) is 0 Å². The summed E-state index contributed by atoms with van der Waals surface area (Å²) in [6.07, 6.45) is 0.717. The van der Waals surface area contributed by atoms with Crippen molar-refractivity contribution in [2.24, 2.45) is 5.41 Å². The van der Waals surface area contributed by atoms with E-state index in [4.69, 9.17) is 5.11 Å². The van der Waals surface area contributed by atoms with Crippen LogP contribution in [0.4, 0.5) is 10.1 Å². The van der Waals surface area contributed by atoms with E-state index in [1.165, 1.54) is 6.07 Å². The molecule has 19 heavy (non-hydrogen) atoms. The van der Waals surface area contributed by atoms with Gasteiger partial charge in [0.15, 0.2) is 0 Å². The van der Waals surface area contributed by atoms with Crippen molar-refractivity contribution < 1.29 is 19.1 Å². The topological polar surface area (TPSA) is 78.4 Å². The summed E-state index contributed by atoms with van der Waals surface area (Å²) in [6.45, 7) is 3.19. The predicted molar refractivity (Wildman–Crippen MR) is 67.6 cm³/mol. The van der Waals surface area contributed by atoms with Crippen molar-refractivity contribution >= 4 is 17.6 Å². The Kier molecular flexibility index (Phi) is 3.53. The van der Waals surface area contributed by atoms with Gasteiger partial charge in [0.1, 0.15) is 5.82 Å². The first-order chi connectivity index (χ1) is 8.92. The van der Waals surface area contributed by atoms with E-state index in [1.807, 2.05) is 6.92 Å². The average molecular weight is 266 g/mol. The number of carbonyl (C=O) groups is 2. The van der Waals surface area contributed by atoms with Crippen molar-refractivity contribution in [3.05, 3.63) is 29.6 Å². The molecule has 1 amide bonds. The van der Waals surface area contributed by atoms with E-state index in [2.05, 4.69) is 10.6 Å². The molecule has 1 aliphatic rings. The van der Waals surface area contributed by atoms with E-state index < -0.39 is 22.8 Å². The minimum atomic E-state index is -1.33. The van der Waals surface area contributed by atoms with Gasteiger partial charge < -0.3 is 15.7 Å². The molecule has 1 fully saturated rings. The summed E-state index contributed by atoms with van der Waals surface area (Å²) in [6, 6.07) is 3.55. The zero-order chi connectivity index (χ0) is 14.0. The lowest BCUT2D eigenvalue weighted by molar-refractivity contribution is -0.123. The normalized spacial score (nSPS) is 22.2. The number of carbonyl (C=O) groups excluding carboxylic acids is 1. The maximum absolute atomic E-state index is 13.5. The molecule has 1 unspecified atom stereocenters. The fourth-order valence-electron chi connectivity index (χ4n) is 2.06. The van der Waals surface area contributed by atoms with Gasteiger partial charge in [-0.2, -0.15) is 0 Å². The molecule has 1 saturated heterocycles. The van der Waals surface area contributed by atoms with Gasteiger partial charge in [0.25, 0.3) is 0 Å². The summed E-state index contributed by atoms with van der Waals surface area (Å²) < 4.78 is 13.5. The van der Waals surface area contributed by atoms with Crippen molar-refractivity contribution in [3.8, 4) is 0 Å². The smallest absolute Gasteiger partial charge is 0.338 e. The third kappa shape index (κ3) is 2.73. The maximum Gasteiger partial charge on any atom is 0.338 e. The van der Waals surface area contributed by atoms with E-state index in [9.17, 15) is 14.0 Å². The van der Waals surface area contributed by atoms with Crippen molar-refractivity contribution in [2.75, 3.05) is 18.4 Å². The van der Waals surface area contributed by atoms with Gasteiger partial charge in [-0.3, -0.25) is 4.79 Å². The molecule has 1 aromatic carbocycles. The SMILES string of the molecule is CC1(C(=O)Nc2ccc(C(=O)O)c(F)c2)CCNC1. The lowest BCUT2D eigenvalue weighted by Gasteiger charge is -2.21. The van der Waals surface area contributed by atoms with E-state index in [-0.39, 0.29) is 11.6 Å². The summed E-state index contributed by atoms with van der Waals surface area (Å²) in [7, 11) is 0. The zero-order valence-electron chi connectivity index (χ0n) is 10.5. The molecule has 3 N–H and O–H groups in total. The maximum atomic E-state index is 13.5. The molecule has 102 valence electrons. The largest absolute Gasteiger partial charge is 0.478 e. The number of amides is 1. The number of halogens is 1. The lowest BCUT2D eigenvalue weighted by atomic mass is 9.88. The number of carboxylic acid groups (broad SMARTS) is 1. The fourth-order valence-corrected chi connectivity index (χ4v) is 2.06. The van der Waals surface area contributed by atoms with Crippen molar-refractivity contribution in [2.45, 2.75) is 13.3 Å². The highest BCUT2D eigenvalue weighted by atomic mass is 19.1. The molecule has 5 nitrogen and oxygen atoms in total. The fraction of sp³-hybridized carbons (Fsp3) is 0.385. The molecule has 2 rings (SSSR count). The molecule has 1 aromatic rings. The molecule has 1 heterocycles. The Balaban J connectivity index is 2.13. The van der Waals surface area contributed by atoms with Crippen molar-refractivity contribution in [1.29, 1.82) is 0 Å². The monoisotopic (exact) mass is 266 g/mol. The highest BCUT2D eigenvalue weighted by Crippen LogP contribution is 2.26. The minimum Gasteiger partial charge on any atom is -0.478 e. The number of carboxylic acids is 1. The van der Waals surface area contributed by atoms with Gasteiger partial charge in [0.2, 0.25) is 5.91 Å². The van der Waals surface area contributed by atoms with Gasteiger partial charge >= 0.3 is 5.97 Å². The van der Waals surface area contributed by atoms with Crippen molar-refractivity contribution in [1.82, 2.24) is 5.32 Å². The van der Waals surface area contributed by atoms with Crippen LogP contribution in [0, 0.1) is 11.2 Å². The molecule has 0 aliphatic carbocycles. The second-order valence-electron chi connectivity index (χ2n) is 4.94. The van der Waals surface area contributed by atoms with E-state index >= 15 is 0 Å². The minimum absolute atomic E-state index is 0.194. The number of nitrogens with one attached hydrogen (secondary N) is 2. The molecule has 0 saturated carbocycles. The van der Waals surface area contributed by atoms with Crippen LogP contribution in [0.1, 0.15) is 23.7 Å². The summed E-state index contributed by atoms with van der Waals surface area (Å²) in [5.74, 6) is -2.39. The summed E-state index contributed by atoms with van der Waals surface area (Å²) in [5.41, 5.74) is -0.658. The molecule has 0 spiro atoms. The van der Waals surface area contributed by atoms with Crippen LogP contribution in [0.3, 0.4) is 0 Å². The van der Waals surface area contributed by atoms with Crippen LogP contribution < -0.4 is 10.6 Å². The first kappa shape index (κ1) is 13.5. The first-order valence-electron chi connectivity index (χ1n) is 5.97. The molecule has 6 heteroatoms. The predicted octanol–water partition coefficient (Wildman–Crippen LogP) is 1.46. The molecular formula is C13H15FN2O3. The van der Waals surface area contributed by atoms with E-state index in [0.717, 1.165) is 18.7 Å². The molecule has 1 atom stereocenters. The first-order valence-corrected chi connectivity index (χ1v) is 5.97. The zero-order valence-corrected chi connectivity index (χ0v) is 10.5. The Morgan fingerprint density at radius 2 is 2.21 bits per heavy atom. The standard InChI is InChI=1S/C13H15FN2O3/c1-13(4-5-15-7-13)12(19)16-8-2-3-9(11(17)18)10(14)6-8/h2-3,6,15H,4-5,7H2,1H3,(H,16,19)(H,17,18). The van der Waals surface area contributed by atoms with Crippen LogP contribution in [0.25, 0.3) is 0 Å². The van der Waals surface area contributed by atoms with Crippen LogP contribution in [0.2, 0.25) is 0 Å². The van der Waals surface area contributed by atoms with Crippen LogP contribution >= 0.6 is 0 Å². The summed E-state index contributed by atoms with van der Waals surface area (Å²) in [4.78, 5) is 22.8. The molecule has 0 radical (unpaired) electrons. The summed E-state index contributed by atoms with van der Waals surface area (Å²) >= 11 is 0. The molecule has 0 aromatic heterocycles. The second-order valence-corrected chi connectivity index (χ2v) is 4.94. The third-order valence-corrected chi connectivity index (χ3v) is 3.37. The Bertz CT molecular complexity index is 525. The van der Waals surface area contributed by atoms with Crippen LogP contribution in [0.5, 0.6) is 0 Å². The van der Waals surface area contributed by atoms with Gasteiger partial charge in [0, 0.05) is 12.2 Å². The molecule has 1 aliphatic heterocycles. The number of benzene rings is 1. The highest BCUT2D eigenvalue weighted by Gasteiger charge is 2.36. The van der Waals surface area contributed by atoms with Crippen LogP contribution in [-0.4, -0.2) is 30.1 Å². The van der Waals surface area contributed by atoms with Crippen molar-refractivity contribution in [3.63, 3.8) is 0 Å². The number of anilines is 1. The van der Waals surface area contributed by atoms with E-state index in [1.54, 1.807) is 0 Å². The van der Waals surface area contributed by atoms with Gasteiger partial charge in [-0.05, 0) is 38.1 Å². The van der Waals surface area contributed by atoms with Gasteiger partial charge in [0.05, 0.1) is 11.0 Å². The average Bonchev–Trinajstić information content (AvgIpc) is 2.77. The Hall–Kier alpha value is -1.95. The Labute approximate surface area is 109 Å². The third-order valence-electron chi connectivity index (χ3n) is 3.37. The number of aromatic carboxylic acids is 1. The Morgan fingerprint density at radius 3 is 2.74 bits per heavy atom. The van der Waals surface area contributed by atoms with Crippen LogP contribution in [-0.2, 0) is 4.79 Å².